The number of nitrogens with zero attached hydrogens (tertiary/aromatic N) is 1. The minimum Gasteiger partial charge on any atom is -0.476 e. The molecule has 12 heteroatoms. The lowest BCUT2D eigenvalue weighted by Gasteiger charge is -2.34. The van der Waals surface area contributed by atoms with Crippen molar-refractivity contribution in [3.05, 3.63) is 77.8 Å². The lowest BCUT2D eigenvalue weighted by Crippen LogP contribution is -2.49. The van der Waals surface area contributed by atoms with Gasteiger partial charge in [0.25, 0.3) is 15.9 Å². The van der Waals surface area contributed by atoms with Crippen molar-refractivity contribution in [1.29, 1.82) is 0 Å². The molecule has 1 atom stereocenters. The number of carbonyl (C=O) groups excluding carboxylic acids is 1. The van der Waals surface area contributed by atoms with Crippen molar-refractivity contribution in [1.82, 2.24) is 0 Å². The molecule has 0 saturated carbocycles. The number of benzene rings is 3. The number of sulfonamides is 2. The smallest absolute Gasteiger partial charge is 0.267 e. The Morgan fingerprint density at radius 2 is 1.66 bits per heavy atom. The first-order chi connectivity index (χ1) is 16.6. The molecule has 1 aliphatic heterocycles. The molecular formula is C23H22ClN3O6S2. The third-order valence-electron chi connectivity index (χ3n) is 5.28. The maximum Gasteiger partial charge on any atom is 0.267 e. The van der Waals surface area contributed by atoms with Gasteiger partial charge in [0, 0.05) is 5.69 Å². The highest BCUT2D eigenvalue weighted by atomic mass is 35.5. The van der Waals surface area contributed by atoms with Gasteiger partial charge in [0.1, 0.15) is 5.75 Å². The zero-order chi connectivity index (χ0) is 25.2. The van der Waals surface area contributed by atoms with Crippen molar-refractivity contribution in [2.24, 2.45) is 0 Å². The number of fused-ring (bicyclic) bond motifs is 1. The van der Waals surface area contributed by atoms with Gasteiger partial charge >= 0.3 is 0 Å². The van der Waals surface area contributed by atoms with Crippen LogP contribution in [-0.2, 0) is 24.8 Å². The first-order valence-corrected chi connectivity index (χ1v) is 14.0. The molecule has 4 rings (SSSR count). The summed E-state index contributed by atoms with van der Waals surface area (Å²) in [5.74, 6) is -0.419. The number of ether oxygens (including phenoxy) is 1. The van der Waals surface area contributed by atoms with E-state index in [9.17, 15) is 21.6 Å². The third-order valence-corrected chi connectivity index (χ3v) is 8.74. The van der Waals surface area contributed by atoms with Crippen molar-refractivity contribution in [2.45, 2.75) is 17.9 Å². The fourth-order valence-corrected chi connectivity index (χ4v) is 5.89. The summed E-state index contributed by atoms with van der Waals surface area (Å²) in [6, 6.07) is 18.6. The molecule has 0 fully saturated rings. The summed E-state index contributed by atoms with van der Waals surface area (Å²) in [4.78, 5) is 12.9. The van der Waals surface area contributed by atoms with Gasteiger partial charge in [-0.2, -0.15) is 0 Å². The largest absolute Gasteiger partial charge is 0.476 e. The van der Waals surface area contributed by atoms with Gasteiger partial charge < -0.3 is 10.1 Å². The van der Waals surface area contributed by atoms with E-state index in [1.54, 1.807) is 48.5 Å². The van der Waals surface area contributed by atoms with Crippen LogP contribution in [-0.4, -0.2) is 41.1 Å². The van der Waals surface area contributed by atoms with E-state index in [2.05, 4.69) is 10.0 Å². The van der Waals surface area contributed by atoms with Crippen molar-refractivity contribution in [2.75, 3.05) is 26.6 Å². The van der Waals surface area contributed by atoms with E-state index in [0.717, 1.165) is 0 Å². The molecule has 0 saturated heterocycles. The van der Waals surface area contributed by atoms with E-state index in [1.165, 1.54) is 35.5 Å². The van der Waals surface area contributed by atoms with Crippen LogP contribution in [0.3, 0.4) is 0 Å². The Bertz CT molecular complexity index is 1460. The molecule has 9 nitrogen and oxygen atoms in total. The Kier molecular flexibility index (Phi) is 6.93. The molecule has 1 aliphatic rings. The average Bonchev–Trinajstić information content (AvgIpc) is 2.85. The number of amides is 1. The maximum absolute atomic E-state index is 12.9. The number of hydrogen-bond acceptors (Lipinski definition) is 6. The van der Waals surface area contributed by atoms with Crippen LogP contribution in [0.15, 0.2) is 77.7 Å². The Hall–Kier alpha value is -3.28. The minimum atomic E-state index is -3.91. The number of anilines is 3. The van der Waals surface area contributed by atoms with Crippen molar-refractivity contribution in [3.63, 3.8) is 0 Å². The van der Waals surface area contributed by atoms with Crippen LogP contribution < -0.4 is 19.1 Å². The first-order valence-electron chi connectivity index (χ1n) is 10.5. The highest BCUT2D eigenvalue weighted by Gasteiger charge is 2.36. The second-order valence-corrected chi connectivity index (χ2v) is 11.9. The van der Waals surface area contributed by atoms with Crippen LogP contribution in [0.2, 0.25) is 5.02 Å². The first kappa shape index (κ1) is 24.8. The quantitative estimate of drug-likeness (QED) is 0.476. The van der Waals surface area contributed by atoms with Gasteiger partial charge in [-0.15, -0.1) is 0 Å². The molecule has 35 heavy (non-hydrogen) atoms. The summed E-state index contributed by atoms with van der Waals surface area (Å²) in [7, 11) is -7.54. The summed E-state index contributed by atoms with van der Waals surface area (Å²) >= 11 is 6.03. The van der Waals surface area contributed by atoms with Gasteiger partial charge in [0.05, 0.1) is 33.6 Å². The van der Waals surface area contributed by atoms with E-state index >= 15 is 0 Å². The lowest BCUT2D eigenvalue weighted by molar-refractivity contribution is -0.122. The zero-order valence-corrected chi connectivity index (χ0v) is 20.9. The summed E-state index contributed by atoms with van der Waals surface area (Å²) < 4.78 is 59.9. The molecule has 2 N–H and O–H groups in total. The third kappa shape index (κ3) is 5.37. The highest BCUT2D eigenvalue weighted by Crippen LogP contribution is 2.35. The Morgan fingerprint density at radius 3 is 2.34 bits per heavy atom. The molecule has 1 heterocycles. The van der Waals surface area contributed by atoms with Gasteiger partial charge in [-0.25, -0.2) is 16.8 Å². The van der Waals surface area contributed by atoms with Crippen LogP contribution in [0.5, 0.6) is 5.75 Å². The van der Waals surface area contributed by atoms with Crippen LogP contribution >= 0.6 is 11.6 Å². The molecule has 3 aromatic carbocycles. The number of rotatable bonds is 7. The van der Waals surface area contributed by atoms with Crippen LogP contribution in [0, 0.1) is 0 Å². The van der Waals surface area contributed by atoms with E-state index in [1.807, 2.05) is 0 Å². The molecule has 0 aromatic heterocycles. The lowest BCUT2D eigenvalue weighted by atomic mass is 10.2. The van der Waals surface area contributed by atoms with Crippen LogP contribution in [0.4, 0.5) is 17.1 Å². The normalized spacial score (nSPS) is 15.6. The summed E-state index contributed by atoms with van der Waals surface area (Å²) in [5, 5.41) is 2.91. The predicted octanol–water partition coefficient (Wildman–Crippen LogP) is 3.70. The van der Waals surface area contributed by atoms with E-state index in [-0.39, 0.29) is 33.7 Å². The average molecular weight is 536 g/mol. The fourth-order valence-electron chi connectivity index (χ4n) is 3.45. The van der Waals surface area contributed by atoms with Crippen molar-refractivity contribution >= 4 is 54.6 Å². The van der Waals surface area contributed by atoms with Crippen LogP contribution in [0.25, 0.3) is 0 Å². The van der Waals surface area contributed by atoms with Gasteiger partial charge in [0.15, 0.2) is 6.10 Å². The number of carbonyl (C=O) groups is 1. The summed E-state index contributed by atoms with van der Waals surface area (Å²) in [6.07, 6.45) is -1.10. The van der Waals surface area contributed by atoms with Gasteiger partial charge in [-0.05, 0) is 55.5 Å². The van der Waals surface area contributed by atoms with Crippen molar-refractivity contribution < 1.29 is 26.4 Å². The SMILES string of the molecule is CCS(=O)(=O)N1CC(C(=O)Nc2ccc(S(=O)(=O)Nc3ccccc3Cl)cc2)Oc2ccccc21. The summed E-state index contributed by atoms with van der Waals surface area (Å²) in [5.41, 5.74) is 0.936. The van der Waals surface area contributed by atoms with Gasteiger partial charge in [-0.3, -0.25) is 13.8 Å². The number of para-hydroxylation sites is 3. The molecule has 3 aromatic rings. The standard InChI is InChI=1S/C23H22ClN3O6S2/c1-2-34(29,30)27-15-22(33-21-10-6-5-9-20(21)27)23(28)25-16-11-13-17(14-12-16)35(31,32)26-19-8-4-3-7-18(19)24/h3-14,22,26H,2,15H2,1H3,(H,25,28). The molecule has 1 unspecified atom stereocenters. The molecular weight excluding hydrogens is 514 g/mol. The Labute approximate surface area is 208 Å². The molecule has 0 aliphatic carbocycles. The molecule has 0 spiro atoms. The van der Waals surface area contributed by atoms with Crippen molar-refractivity contribution in [3.8, 4) is 5.75 Å². The monoisotopic (exact) mass is 535 g/mol. The highest BCUT2D eigenvalue weighted by molar-refractivity contribution is 7.93. The van der Waals surface area contributed by atoms with E-state index in [0.29, 0.717) is 11.4 Å². The second-order valence-electron chi connectivity index (χ2n) is 7.60. The Morgan fingerprint density at radius 1 is 1.00 bits per heavy atom. The van der Waals surface area contributed by atoms with E-state index < -0.39 is 32.1 Å². The number of nitrogens with one attached hydrogen (secondary N) is 2. The fraction of sp³-hybridized carbons (Fsp3) is 0.174. The maximum atomic E-state index is 12.9. The van der Waals surface area contributed by atoms with Gasteiger partial charge in [-0.1, -0.05) is 35.9 Å². The molecule has 184 valence electrons. The second kappa shape index (κ2) is 9.76. The molecule has 1 amide bonds. The number of halogens is 1. The molecule has 0 radical (unpaired) electrons. The van der Waals surface area contributed by atoms with E-state index in [4.69, 9.17) is 16.3 Å². The predicted molar refractivity (Wildman–Crippen MR) is 135 cm³/mol. The zero-order valence-electron chi connectivity index (χ0n) is 18.5. The van der Waals surface area contributed by atoms with Crippen LogP contribution in [0.1, 0.15) is 6.92 Å². The van der Waals surface area contributed by atoms with Gasteiger partial charge in [0.2, 0.25) is 10.0 Å². The Balaban J connectivity index is 1.49. The summed E-state index contributed by atoms with van der Waals surface area (Å²) in [6.45, 7) is 1.34. The topological polar surface area (TPSA) is 122 Å². The molecule has 0 bridgehead atoms. The number of hydrogen-bond donors (Lipinski definition) is 2. The minimum absolute atomic E-state index is 0.0292.